The molecule has 0 saturated heterocycles. The zero-order valence-electron chi connectivity index (χ0n) is 11.8. The molecule has 0 aliphatic heterocycles. The first-order valence-corrected chi connectivity index (χ1v) is 6.63. The maximum Gasteiger partial charge on any atom is 0.178 e. The van der Waals surface area contributed by atoms with Crippen LogP contribution in [0.2, 0.25) is 0 Å². The minimum atomic E-state index is 0.0266. The van der Waals surface area contributed by atoms with Gasteiger partial charge in [0.1, 0.15) is 17.0 Å². The molecule has 0 unspecified atom stereocenters. The molecule has 2 aromatic heterocycles. The molecule has 0 amide bonds. The first-order valence-electron chi connectivity index (χ1n) is 6.63. The van der Waals surface area contributed by atoms with Gasteiger partial charge < -0.3 is 0 Å². The topological polar surface area (TPSA) is 34.4 Å². The number of aryl methyl sites for hydroxylation is 2. The van der Waals surface area contributed by atoms with Gasteiger partial charge in [0.2, 0.25) is 0 Å². The van der Waals surface area contributed by atoms with E-state index in [1.807, 2.05) is 60.8 Å². The van der Waals surface area contributed by atoms with E-state index in [-0.39, 0.29) is 5.78 Å². The molecule has 0 radical (unpaired) electrons. The van der Waals surface area contributed by atoms with Crippen LogP contribution >= 0.6 is 0 Å². The van der Waals surface area contributed by atoms with Crippen LogP contribution in [0, 0.1) is 13.8 Å². The maximum atomic E-state index is 12.0. The van der Waals surface area contributed by atoms with Crippen molar-refractivity contribution in [3.8, 4) is 11.3 Å². The van der Waals surface area contributed by atoms with Gasteiger partial charge in [0.05, 0.1) is 0 Å². The minimum Gasteiger partial charge on any atom is -0.296 e. The molecule has 0 N–H and O–H groups in total. The second kappa shape index (κ2) is 4.60. The van der Waals surface area contributed by atoms with Crippen LogP contribution in [-0.2, 0) is 0 Å². The number of nitrogens with zero attached hydrogens (tertiary/aromatic N) is 2. The highest BCUT2D eigenvalue weighted by atomic mass is 16.1. The molecule has 20 heavy (non-hydrogen) atoms. The number of Topliss-reactive ketones (excluding diaryl/α,β-unsaturated/α-hetero) is 1. The Kier molecular flexibility index (Phi) is 2.90. The van der Waals surface area contributed by atoms with E-state index in [1.165, 1.54) is 5.56 Å². The van der Waals surface area contributed by atoms with Gasteiger partial charge in [-0.05, 0) is 25.5 Å². The highest BCUT2D eigenvalue weighted by Gasteiger charge is 2.17. The lowest BCUT2D eigenvalue weighted by atomic mass is 10.1. The third-order valence-corrected chi connectivity index (χ3v) is 3.42. The summed E-state index contributed by atoms with van der Waals surface area (Å²) in [6, 6.07) is 12.0. The summed E-state index contributed by atoms with van der Waals surface area (Å²) in [4.78, 5) is 16.6. The van der Waals surface area contributed by atoms with Crippen molar-refractivity contribution in [3.63, 3.8) is 0 Å². The molecule has 3 heteroatoms. The molecular weight excluding hydrogens is 248 g/mol. The number of imidazole rings is 1. The smallest absolute Gasteiger partial charge is 0.178 e. The third-order valence-electron chi connectivity index (χ3n) is 3.42. The van der Waals surface area contributed by atoms with Crippen molar-refractivity contribution in [2.24, 2.45) is 0 Å². The predicted octanol–water partition coefficient (Wildman–Crippen LogP) is 3.82. The molecule has 0 aliphatic rings. The number of pyridine rings is 1. The molecule has 1 aromatic carbocycles. The lowest BCUT2D eigenvalue weighted by Gasteiger charge is -2.02. The summed E-state index contributed by atoms with van der Waals surface area (Å²) in [5.74, 6) is 0.0266. The van der Waals surface area contributed by atoms with E-state index in [2.05, 4.69) is 4.98 Å². The highest BCUT2D eigenvalue weighted by Crippen LogP contribution is 2.25. The van der Waals surface area contributed by atoms with E-state index in [1.54, 1.807) is 6.92 Å². The molecule has 0 fully saturated rings. The minimum absolute atomic E-state index is 0.0266. The zero-order valence-corrected chi connectivity index (χ0v) is 11.8. The molecule has 3 nitrogen and oxygen atoms in total. The second-order valence-electron chi connectivity index (χ2n) is 5.17. The number of hydrogen-bond acceptors (Lipinski definition) is 2. The van der Waals surface area contributed by atoms with Crippen molar-refractivity contribution in [3.05, 3.63) is 59.4 Å². The molecular formula is C17H16N2O. The van der Waals surface area contributed by atoms with E-state index in [0.717, 1.165) is 22.5 Å². The summed E-state index contributed by atoms with van der Waals surface area (Å²) in [5.41, 5.74) is 5.47. The summed E-state index contributed by atoms with van der Waals surface area (Å²) in [6.07, 6.45) is 1.96. The van der Waals surface area contributed by atoms with Crippen molar-refractivity contribution in [2.45, 2.75) is 20.8 Å². The van der Waals surface area contributed by atoms with Crippen LogP contribution in [0.3, 0.4) is 0 Å². The predicted molar refractivity (Wildman–Crippen MR) is 80.1 cm³/mol. The summed E-state index contributed by atoms with van der Waals surface area (Å²) >= 11 is 0. The van der Waals surface area contributed by atoms with Crippen LogP contribution in [0.4, 0.5) is 0 Å². The Morgan fingerprint density at radius 3 is 2.30 bits per heavy atom. The normalized spacial score (nSPS) is 10.9. The first kappa shape index (κ1) is 12.6. The van der Waals surface area contributed by atoms with E-state index in [9.17, 15) is 4.79 Å². The number of hydrogen-bond donors (Lipinski definition) is 0. The highest BCUT2D eigenvalue weighted by molar-refractivity contribution is 5.99. The molecule has 3 rings (SSSR count). The number of aromatic nitrogens is 2. The standard InChI is InChI=1S/C17H16N2O/c1-11-4-7-14(8-5-11)16-17(13(3)20)19-10-12(2)6-9-15(19)18-16/h4-10H,1-3H3. The van der Waals surface area contributed by atoms with Crippen LogP contribution in [0.5, 0.6) is 0 Å². The van der Waals surface area contributed by atoms with Crippen LogP contribution in [0.15, 0.2) is 42.6 Å². The Bertz CT molecular complexity index is 798. The average Bonchev–Trinajstić information content (AvgIpc) is 2.78. The van der Waals surface area contributed by atoms with Crippen molar-refractivity contribution in [2.75, 3.05) is 0 Å². The fourth-order valence-corrected chi connectivity index (χ4v) is 2.40. The van der Waals surface area contributed by atoms with E-state index < -0.39 is 0 Å². The number of rotatable bonds is 2. The molecule has 0 aliphatic carbocycles. The Morgan fingerprint density at radius 2 is 1.65 bits per heavy atom. The summed E-state index contributed by atoms with van der Waals surface area (Å²) < 4.78 is 1.88. The van der Waals surface area contributed by atoms with Gasteiger partial charge in [0, 0.05) is 18.7 Å². The molecule has 3 aromatic rings. The van der Waals surface area contributed by atoms with E-state index in [0.29, 0.717) is 5.69 Å². The monoisotopic (exact) mass is 264 g/mol. The van der Waals surface area contributed by atoms with Crippen molar-refractivity contribution in [1.29, 1.82) is 0 Å². The fraction of sp³-hybridized carbons (Fsp3) is 0.176. The van der Waals surface area contributed by atoms with Gasteiger partial charge in [-0.15, -0.1) is 0 Å². The van der Waals surface area contributed by atoms with Crippen LogP contribution < -0.4 is 0 Å². The number of carbonyl (C=O) groups excluding carboxylic acids is 1. The average molecular weight is 264 g/mol. The van der Waals surface area contributed by atoms with Gasteiger partial charge in [-0.3, -0.25) is 9.20 Å². The lowest BCUT2D eigenvalue weighted by molar-refractivity contribution is 0.101. The van der Waals surface area contributed by atoms with E-state index >= 15 is 0 Å². The molecule has 2 heterocycles. The Hall–Kier alpha value is -2.42. The molecule has 0 saturated carbocycles. The summed E-state index contributed by atoms with van der Waals surface area (Å²) in [7, 11) is 0. The van der Waals surface area contributed by atoms with Crippen molar-refractivity contribution < 1.29 is 4.79 Å². The summed E-state index contributed by atoms with van der Waals surface area (Å²) in [5, 5.41) is 0. The Morgan fingerprint density at radius 1 is 1.00 bits per heavy atom. The molecule has 100 valence electrons. The molecule has 0 atom stereocenters. The SMILES string of the molecule is CC(=O)c1c(-c2ccc(C)cc2)nc2ccc(C)cn12. The van der Waals surface area contributed by atoms with Crippen molar-refractivity contribution >= 4 is 11.4 Å². The van der Waals surface area contributed by atoms with Gasteiger partial charge in [-0.2, -0.15) is 0 Å². The summed E-state index contributed by atoms with van der Waals surface area (Å²) in [6.45, 7) is 5.64. The van der Waals surface area contributed by atoms with Gasteiger partial charge in [-0.25, -0.2) is 4.98 Å². The second-order valence-corrected chi connectivity index (χ2v) is 5.17. The molecule has 0 bridgehead atoms. The number of benzene rings is 1. The maximum absolute atomic E-state index is 12.0. The largest absolute Gasteiger partial charge is 0.296 e. The van der Waals surface area contributed by atoms with Crippen molar-refractivity contribution in [1.82, 2.24) is 9.38 Å². The first-order chi connectivity index (χ1) is 9.56. The Balaban J connectivity index is 2.32. The van der Waals surface area contributed by atoms with Gasteiger partial charge in [-0.1, -0.05) is 35.9 Å². The Labute approximate surface area is 117 Å². The molecule has 0 spiro atoms. The van der Waals surface area contributed by atoms with Gasteiger partial charge in [0.15, 0.2) is 5.78 Å². The van der Waals surface area contributed by atoms with Gasteiger partial charge in [0.25, 0.3) is 0 Å². The fourth-order valence-electron chi connectivity index (χ4n) is 2.40. The number of fused-ring (bicyclic) bond motifs is 1. The lowest BCUT2D eigenvalue weighted by Crippen LogP contribution is -2.01. The zero-order chi connectivity index (χ0) is 14.3. The quantitative estimate of drug-likeness (QED) is 0.659. The van der Waals surface area contributed by atoms with E-state index in [4.69, 9.17) is 0 Å². The van der Waals surface area contributed by atoms with Crippen LogP contribution in [0.25, 0.3) is 16.9 Å². The number of carbonyl (C=O) groups is 1. The third kappa shape index (κ3) is 2.01. The van der Waals surface area contributed by atoms with Crippen LogP contribution in [-0.4, -0.2) is 15.2 Å². The number of ketones is 1. The van der Waals surface area contributed by atoms with Crippen LogP contribution in [0.1, 0.15) is 28.5 Å². The van der Waals surface area contributed by atoms with Gasteiger partial charge >= 0.3 is 0 Å².